The summed E-state index contributed by atoms with van der Waals surface area (Å²) in [6, 6.07) is 11.6. The number of ketones is 1. The zero-order valence-corrected chi connectivity index (χ0v) is 17.0. The zero-order chi connectivity index (χ0) is 20.3. The maximum absolute atomic E-state index is 12.3. The first-order valence-electron chi connectivity index (χ1n) is 8.53. The summed E-state index contributed by atoms with van der Waals surface area (Å²) in [5, 5.41) is 3.18. The molecule has 0 aliphatic carbocycles. The van der Waals surface area contributed by atoms with E-state index in [1.54, 1.807) is 6.07 Å². The predicted octanol–water partition coefficient (Wildman–Crippen LogP) is 3.11. The van der Waals surface area contributed by atoms with Gasteiger partial charge in [0.2, 0.25) is 15.9 Å². The smallest absolute Gasteiger partial charge is 0.240 e. The van der Waals surface area contributed by atoms with Gasteiger partial charge < -0.3 is 5.32 Å². The number of benzene rings is 2. The Morgan fingerprint density at radius 2 is 1.89 bits per heavy atom. The molecule has 3 aromatic rings. The minimum atomic E-state index is -3.81. The highest BCUT2D eigenvalue weighted by Crippen LogP contribution is 2.27. The molecular weight excluding hydrogens is 398 g/mol. The molecule has 28 heavy (non-hydrogen) atoms. The zero-order valence-electron chi connectivity index (χ0n) is 15.4. The van der Waals surface area contributed by atoms with Crippen LogP contribution in [0, 0.1) is 6.92 Å². The van der Waals surface area contributed by atoms with Crippen LogP contribution >= 0.6 is 11.3 Å². The van der Waals surface area contributed by atoms with Gasteiger partial charge in [0.25, 0.3) is 0 Å². The fourth-order valence-corrected chi connectivity index (χ4v) is 4.62. The molecule has 0 saturated heterocycles. The average Bonchev–Trinajstić information content (AvgIpc) is 3.05. The maximum atomic E-state index is 12.3. The normalized spacial score (nSPS) is 11.5. The van der Waals surface area contributed by atoms with Gasteiger partial charge in [-0.1, -0.05) is 35.6 Å². The second kappa shape index (κ2) is 8.17. The molecule has 146 valence electrons. The van der Waals surface area contributed by atoms with Crippen LogP contribution in [0.15, 0.2) is 47.4 Å². The van der Waals surface area contributed by atoms with Gasteiger partial charge in [-0.25, -0.2) is 18.1 Å². The van der Waals surface area contributed by atoms with Crippen LogP contribution in [0.5, 0.6) is 0 Å². The molecular formula is C19H19N3O4S2. The molecule has 0 unspecified atom stereocenters. The first-order valence-corrected chi connectivity index (χ1v) is 10.8. The molecule has 2 aromatic carbocycles. The number of amides is 1. The summed E-state index contributed by atoms with van der Waals surface area (Å²) in [6.07, 6.45) is -0.0411. The van der Waals surface area contributed by atoms with E-state index in [4.69, 9.17) is 0 Å². The Morgan fingerprint density at radius 3 is 2.61 bits per heavy atom. The van der Waals surface area contributed by atoms with Crippen molar-refractivity contribution in [3.05, 3.63) is 53.6 Å². The fourth-order valence-electron chi connectivity index (χ4n) is 2.59. The van der Waals surface area contributed by atoms with Crippen LogP contribution in [0.3, 0.4) is 0 Å². The Kier molecular flexibility index (Phi) is 5.87. The molecule has 7 nitrogen and oxygen atoms in total. The SMILES string of the molecule is CC(=O)c1cccc(S(=O)(=O)NCCC(=O)Nc2nc3c(C)cccc3s2)c1. The Morgan fingerprint density at radius 1 is 1.14 bits per heavy atom. The standard InChI is InChI=1S/C19H19N3O4S2/c1-12-5-3-8-16-18(12)22-19(27-16)21-17(24)9-10-20-28(25,26)15-7-4-6-14(11-15)13(2)23/h3-8,11,20H,9-10H2,1-2H3,(H,21,22,24). The monoisotopic (exact) mass is 417 g/mol. The molecule has 0 fully saturated rings. The summed E-state index contributed by atoms with van der Waals surface area (Å²) in [6.45, 7) is 3.25. The van der Waals surface area contributed by atoms with Crippen molar-refractivity contribution in [1.29, 1.82) is 0 Å². The molecule has 0 aliphatic heterocycles. The van der Waals surface area contributed by atoms with Gasteiger partial charge in [0, 0.05) is 18.5 Å². The van der Waals surface area contributed by atoms with E-state index in [1.165, 1.54) is 36.5 Å². The fraction of sp³-hybridized carbons (Fsp3) is 0.211. The number of carbonyl (C=O) groups is 2. The first-order chi connectivity index (χ1) is 13.3. The minimum absolute atomic E-state index is 0.0118. The van der Waals surface area contributed by atoms with Crippen molar-refractivity contribution in [3.63, 3.8) is 0 Å². The second-order valence-corrected chi connectivity index (χ2v) is 9.02. The molecule has 1 heterocycles. The molecule has 0 atom stereocenters. The molecule has 0 radical (unpaired) electrons. The van der Waals surface area contributed by atoms with Crippen LogP contribution in [-0.2, 0) is 14.8 Å². The number of para-hydroxylation sites is 1. The molecule has 1 aromatic heterocycles. The van der Waals surface area contributed by atoms with E-state index in [0.29, 0.717) is 10.7 Å². The third kappa shape index (κ3) is 4.61. The lowest BCUT2D eigenvalue weighted by Gasteiger charge is -2.07. The Balaban J connectivity index is 1.59. The molecule has 0 bridgehead atoms. The Labute approximate surface area is 166 Å². The van der Waals surface area contributed by atoms with Crippen LogP contribution in [0.1, 0.15) is 29.3 Å². The van der Waals surface area contributed by atoms with E-state index in [2.05, 4.69) is 15.0 Å². The predicted molar refractivity (Wildman–Crippen MR) is 109 cm³/mol. The van der Waals surface area contributed by atoms with Crippen molar-refractivity contribution in [2.24, 2.45) is 0 Å². The number of hydrogen-bond donors (Lipinski definition) is 2. The lowest BCUT2D eigenvalue weighted by atomic mass is 10.2. The van der Waals surface area contributed by atoms with Crippen LogP contribution < -0.4 is 10.0 Å². The topological polar surface area (TPSA) is 105 Å². The summed E-state index contributed by atoms with van der Waals surface area (Å²) in [4.78, 5) is 27.9. The van der Waals surface area contributed by atoms with Crippen LogP contribution in [0.2, 0.25) is 0 Å². The van der Waals surface area contributed by atoms with E-state index < -0.39 is 10.0 Å². The summed E-state index contributed by atoms with van der Waals surface area (Å²) in [7, 11) is -3.81. The lowest BCUT2D eigenvalue weighted by Crippen LogP contribution is -2.28. The molecule has 0 aliphatic rings. The number of Topliss-reactive ketones (excluding diaryl/α,β-unsaturated/α-hetero) is 1. The molecule has 0 spiro atoms. The van der Waals surface area contributed by atoms with Crippen molar-refractivity contribution < 1.29 is 18.0 Å². The van der Waals surface area contributed by atoms with Crippen molar-refractivity contribution in [3.8, 4) is 0 Å². The molecule has 1 amide bonds. The van der Waals surface area contributed by atoms with Gasteiger partial charge >= 0.3 is 0 Å². The number of thiazole rings is 1. The lowest BCUT2D eigenvalue weighted by molar-refractivity contribution is -0.116. The number of carbonyl (C=O) groups excluding carboxylic acids is 2. The van der Waals surface area contributed by atoms with Crippen LogP contribution in [0.4, 0.5) is 5.13 Å². The molecule has 0 saturated carbocycles. The van der Waals surface area contributed by atoms with Gasteiger partial charge in [-0.2, -0.15) is 0 Å². The van der Waals surface area contributed by atoms with Crippen molar-refractivity contribution in [1.82, 2.24) is 9.71 Å². The number of nitrogens with zero attached hydrogens (tertiary/aromatic N) is 1. The maximum Gasteiger partial charge on any atom is 0.240 e. The largest absolute Gasteiger partial charge is 0.302 e. The van der Waals surface area contributed by atoms with Crippen molar-refractivity contribution in [2.75, 3.05) is 11.9 Å². The Hall–Kier alpha value is -2.62. The highest BCUT2D eigenvalue weighted by Gasteiger charge is 2.16. The number of aryl methyl sites for hydroxylation is 1. The second-order valence-electron chi connectivity index (χ2n) is 6.22. The minimum Gasteiger partial charge on any atom is -0.302 e. The number of hydrogen-bond acceptors (Lipinski definition) is 6. The number of aromatic nitrogens is 1. The van der Waals surface area contributed by atoms with Gasteiger partial charge in [-0.05, 0) is 37.6 Å². The first kappa shape index (κ1) is 20.1. The number of rotatable bonds is 7. The van der Waals surface area contributed by atoms with E-state index in [0.717, 1.165) is 15.8 Å². The van der Waals surface area contributed by atoms with Crippen molar-refractivity contribution in [2.45, 2.75) is 25.2 Å². The van der Waals surface area contributed by atoms with Gasteiger partial charge in [0.1, 0.15) is 0 Å². The Bertz CT molecular complexity index is 1150. The third-order valence-electron chi connectivity index (χ3n) is 4.06. The molecule has 9 heteroatoms. The van der Waals surface area contributed by atoms with E-state index in [9.17, 15) is 18.0 Å². The summed E-state index contributed by atoms with van der Waals surface area (Å²) < 4.78 is 28.0. The summed E-state index contributed by atoms with van der Waals surface area (Å²) >= 11 is 1.37. The van der Waals surface area contributed by atoms with Crippen LogP contribution in [0.25, 0.3) is 10.2 Å². The summed E-state index contributed by atoms with van der Waals surface area (Å²) in [5.74, 6) is -0.556. The summed E-state index contributed by atoms with van der Waals surface area (Å²) in [5.41, 5.74) is 2.18. The van der Waals surface area contributed by atoms with E-state index in [1.807, 2.05) is 25.1 Å². The highest BCUT2D eigenvalue weighted by molar-refractivity contribution is 7.89. The van der Waals surface area contributed by atoms with E-state index in [-0.39, 0.29) is 29.6 Å². The molecule has 3 rings (SSSR count). The van der Waals surface area contributed by atoms with Crippen molar-refractivity contribution >= 4 is 48.4 Å². The third-order valence-corrected chi connectivity index (χ3v) is 6.46. The van der Waals surface area contributed by atoms with Crippen LogP contribution in [-0.4, -0.2) is 31.6 Å². The molecule has 2 N–H and O–H groups in total. The average molecular weight is 418 g/mol. The van der Waals surface area contributed by atoms with Gasteiger partial charge in [-0.15, -0.1) is 0 Å². The van der Waals surface area contributed by atoms with Gasteiger partial charge in [0.05, 0.1) is 15.1 Å². The van der Waals surface area contributed by atoms with E-state index >= 15 is 0 Å². The number of sulfonamides is 1. The number of fused-ring (bicyclic) bond motifs is 1. The number of anilines is 1. The van der Waals surface area contributed by atoms with Gasteiger partial charge in [0.15, 0.2) is 10.9 Å². The number of nitrogens with one attached hydrogen (secondary N) is 2. The van der Waals surface area contributed by atoms with Gasteiger partial charge in [-0.3, -0.25) is 9.59 Å². The highest BCUT2D eigenvalue weighted by atomic mass is 32.2. The quantitative estimate of drug-likeness (QED) is 0.575.